The van der Waals surface area contributed by atoms with Crippen LogP contribution in [0, 0.1) is 11.8 Å². The minimum atomic E-state index is 0.423. The summed E-state index contributed by atoms with van der Waals surface area (Å²) in [7, 11) is 2.23. The first-order valence-electron chi connectivity index (χ1n) is 6.78. The number of rotatable bonds is 3. The molecule has 1 aromatic rings. The van der Waals surface area contributed by atoms with Crippen molar-refractivity contribution < 1.29 is 0 Å². The Hall–Kier alpha value is -1.30. The van der Waals surface area contributed by atoms with Gasteiger partial charge in [-0.25, -0.2) is 0 Å². The molecular weight excluding hydrogens is 220 g/mol. The molecule has 0 spiro atoms. The summed E-state index contributed by atoms with van der Waals surface area (Å²) in [6.45, 7) is 1.41. The van der Waals surface area contributed by atoms with E-state index in [0.717, 1.165) is 18.2 Å². The van der Waals surface area contributed by atoms with Crippen molar-refractivity contribution in [1.82, 2.24) is 4.90 Å². The number of hydrogen-bond acceptors (Lipinski definition) is 2. The van der Waals surface area contributed by atoms with Gasteiger partial charge in [0.25, 0.3) is 0 Å². The van der Waals surface area contributed by atoms with Crippen molar-refractivity contribution in [2.75, 3.05) is 13.6 Å². The van der Waals surface area contributed by atoms with Gasteiger partial charge in [0.1, 0.15) is 0 Å². The lowest BCUT2D eigenvalue weighted by Crippen LogP contribution is -2.28. The largest absolute Gasteiger partial charge is 0.320 e. The van der Waals surface area contributed by atoms with Crippen LogP contribution in [-0.2, 0) is 6.54 Å². The molecule has 2 N–H and O–H groups in total. The van der Waals surface area contributed by atoms with Crippen molar-refractivity contribution in [1.29, 1.82) is 0 Å². The molecule has 0 aliphatic heterocycles. The lowest BCUT2D eigenvalue weighted by Gasteiger charge is -2.24. The maximum Gasteiger partial charge on any atom is 0.0555 e. The Morgan fingerprint density at radius 3 is 2.72 bits per heavy atom. The fraction of sp³-hybridized carbons (Fsp3) is 0.500. The molecule has 18 heavy (non-hydrogen) atoms. The Labute approximate surface area is 110 Å². The van der Waals surface area contributed by atoms with Gasteiger partial charge in [0.05, 0.1) is 6.54 Å². The molecule has 1 aliphatic carbocycles. The highest BCUT2D eigenvalue weighted by molar-refractivity contribution is 5.41. The van der Waals surface area contributed by atoms with Gasteiger partial charge >= 0.3 is 0 Å². The predicted molar refractivity (Wildman–Crippen MR) is 76.1 cm³/mol. The van der Waals surface area contributed by atoms with Crippen molar-refractivity contribution in [2.24, 2.45) is 5.73 Å². The molecule has 2 rings (SSSR count). The predicted octanol–water partition coefficient (Wildman–Crippen LogP) is 2.37. The van der Waals surface area contributed by atoms with Crippen molar-refractivity contribution in [3.05, 3.63) is 35.4 Å². The lowest BCUT2D eigenvalue weighted by atomic mass is 10.1. The van der Waals surface area contributed by atoms with Crippen molar-refractivity contribution in [3.8, 4) is 11.8 Å². The van der Waals surface area contributed by atoms with Crippen LogP contribution in [0.1, 0.15) is 36.8 Å². The van der Waals surface area contributed by atoms with E-state index in [1.54, 1.807) is 0 Å². The van der Waals surface area contributed by atoms with Crippen LogP contribution in [0.15, 0.2) is 24.3 Å². The maximum atomic E-state index is 5.44. The van der Waals surface area contributed by atoms with E-state index < -0.39 is 0 Å². The van der Waals surface area contributed by atoms with E-state index in [2.05, 4.69) is 42.0 Å². The number of nitrogens with two attached hydrogens (primary N) is 1. The van der Waals surface area contributed by atoms with Crippen molar-refractivity contribution >= 4 is 0 Å². The molecule has 0 heterocycles. The second kappa shape index (κ2) is 6.58. The Balaban J connectivity index is 2.07. The summed E-state index contributed by atoms with van der Waals surface area (Å²) in [5.41, 5.74) is 7.87. The van der Waals surface area contributed by atoms with Crippen LogP contribution >= 0.6 is 0 Å². The lowest BCUT2D eigenvalue weighted by molar-refractivity contribution is 0.237. The van der Waals surface area contributed by atoms with Crippen LogP contribution in [0.4, 0.5) is 0 Å². The van der Waals surface area contributed by atoms with Gasteiger partial charge in [-0.15, -0.1) is 0 Å². The third-order valence-corrected chi connectivity index (χ3v) is 3.71. The Bertz CT molecular complexity index is 436. The summed E-state index contributed by atoms with van der Waals surface area (Å²) in [4.78, 5) is 2.47. The smallest absolute Gasteiger partial charge is 0.0555 e. The first-order chi connectivity index (χ1) is 8.81. The average Bonchev–Trinajstić information content (AvgIpc) is 2.91. The molecular formula is C16H22N2. The zero-order chi connectivity index (χ0) is 12.8. The van der Waals surface area contributed by atoms with E-state index in [4.69, 9.17) is 5.73 Å². The molecule has 0 atom stereocenters. The van der Waals surface area contributed by atoms with Gasteiger partial charge in [0.2, 0.25) is 0 Å². The van der Waals surface area contributed by atoms with Gasteiger partial charge in [0.15, 0.2) is 0 Å². The minimum Gasteiger partial charge on any atom is -0.320 e. The second-order valence-corrected chi connectivity index (χ2v) is 5.02. The third-order valence-electron chi connectivity index (χ3n) is 3.71. The average molecular weight is 242 g/mol. The molecule has 0 bridgehead atoms. The fourth-order valence-electron chi connectivity index (χ4n) is 2.67. The van der Waals surface area contributed by atoms with E-state index >= 15 is 0 Å². The van der Waals surface area contributed by atoms with E-state index in [-0.39, 0.29) is 0 Å². The Kier molecular flexibility index (Phi) is 4.81. The van der Waals surface area contributed by atoms with E-state index in [9.17, 15) is 0 Å². The molecule has 0 unspecified atom stereocenters. The molecule has 0 amide bonds. The van der Waals surface area contributed by atoms with Gasteiger partial charge in [-0.3, -0.25) is 4.90 Å². The number of benzene rings is 1. The normalized spacial score (nSPS) is 15.7. The van der Waals surface area contributed by atoms with Crippen LogP contribution in [0.2, 0.25) is 0 Å². The molecule has 0 saturated heterocycles. The Morgan fingerprint density at radius 2 is 2.00 bits per heavy atom. The fourth-order valence-corrected chi connectivity index (χ4v) is 2.67. The van der Waals surface area contributed by atoms with Crippen LogP contribution in [0.5, 0.6) is 0 Å². The Morgan fingerprint density at radius 1 is 1.28 bits per heavy atom. The highest BCUT2D eigenvalue weighted by Crippen LogP contribution is 2.24. The van der Waals surface area contributed by atoms with Gasteiger partial charge in [0, 0.05) is 18.2 Å². The van der Waals surface area contributed by atoms with Crippen LogP contribution < -0.4 is 5.73 Å². The highest BCUT2D eigenvalue weighted by Gasteiger charge is 2.19. The van der Waals surface area contributed by atoms with E-state index in [0.29, 0.717) is 6.54 Å². The molecule has 1 fully saturated rings. The zero-order valence-electron chi connectivity index (χ0n) is 11.2. The molecule has 0 aromatic heterocycles. The molecule has 0 radical (unpaired) electrons. The van der Waals surface area contributed by atoms with Gasteiger partial charge in [-0.05, 0) is 31.5 Å². The highest BCUT2D eigenvalue weighted by atomic mass is 15.1. The topological polar surface area (TPSA) is 29.3 Å². The number of nitrogens with zero attached hydrogens (tertiary/aromatic N) is 1. The summed E-state index contributed by atoms with van der Waals surface area (Å²) in [5, 5.41) is 0. The monoisotopic (exact) mass is 242 g/mol. The minimum absolute atomic E-state index is 0.423. The van der Waals surface area contributed by atoms with Crippen molar-refractivity contribution in [2.45, 2.75) is 38.3 Å². The van der Waals surface area contributed by atoms with Crippen LogP contribution in [0.25, 0.3) is 0 Å². The maximum absolute atomic E-state index is 5.44. The first kappa shape index (κ1) is 13.1. The number of hydrogen-bond donors (Lipinski definition) is 1. The van der Waals surface area contributed by atoms with Crippen LogP contribution in [-0.4, -0.2) is 24.5 Å². The summed E-state index contributed by atoms with van der Waals surface area (Å²) in [6.07, 6.45) is 5.44. The van der Waals surface area contributed by atoms with Crippen LogP contribution in [0.3, 0.4) is 0 Å². The third kappa shape index (κ3) is 3.35. The summed E-state index contributed by atoms with van der Waals surface area (Å²) >= 11 is 0. The molecule has 2 nitrogen and oxygen atoms in total. The molecule has 2 heteroatoms. The van der Waals surface area contributed by atoms with E-state index in [1.165, 1.54) is 31.2 Å². The van der Waals surface area contributed by atoms with E-state index in [1.807, 2.05) is 6.07 Å². The summed E-state index contributed by atoms with van der Waals surface area (Å²) in [6, 6.07) is 9.14. The van der Waals surface area contributed by atoms with Gasteiger partial charge in [-0.1, -0.05) is 42.9 Å². The first-order valence-corrected chi connectivity index (χ1v) is 6.78. The second-order valence-electron chi connectivity index (χ2n) is 5.02. The molecule has 1 aliphatic rings. The van der Waals surface area contributed by atoms with Gasteiger partial charge < -0.3 is 5.73 Å². The molecule has 1 aromatic carbocycles. The summed E-state index contributed by atoms with van der Waals surface area (Å²) < 4.78 is 0. The summed E-state index contributed by atoms with van der Waals surface area (Å²) in [5.74, 6) is 6.11. The quantitative estimate of drug-likeness (QED) is 0.825. The standard InChI is InChI=1S/C16H22N2/c1-18(16-10-4-5-11-16)13-15-8-3-2-7-14(15)9-6-12-17/h2-3,7-8,16H,4-5,10-13,17H2,1H3. The zero-order valence-corrected chi connectivity index (χ0v) is 11.2. The van der Waals surface area contributed by atoms with Crippen molar-refractivity contribution in [3.63, 3.8) is 0 Å². The molecule has 96 valence electrons. The van der Waals surface area contributed by atoms with Gasteiger partial charge in [-0.2, -0.15) is 0 Å². The SMILES string of the molecule is CN(Cc1ccccc1C#CCN)C1CCCC1. The molecule has 1 saturated carbocycles.